The lowest BCUT2D eigenvalue weighted by molar-refractivity contribution is 1.13. The van der Waals surface area contributed by atoms with Crippen LogP contribution in [-0.2, 0) is 0 Å². The minimum Gasteiger partial charge on any atom is -0.250 e. The van der Waals surface area contributed by atoms with Gasteiger partial charge in [-0.2, -0.15) is 0 Å². The molecule has 3 aromatic rings. The highest BCUT2D eigenvalue weighted by Crippen LogP contribution is 2.50. The number of hydrogen-bond donors (Lipinski definition) is 0. The first-order chi connectivity index (χ1) is 10.9. The van der Waals surface area contributed by atoms with Crippen molar-refractivity contribution in [3.63, 3.8) is 0 Å². The molecule has 0 fully saturated rings. The first kappa shape index (κ1) is 15.4. The molecular weight excluding hydrogens is 330 g/mol. The van der Waals surface area contributed by atoms with Crippen LogP contribution in [0.15, 0.2) is 88.3 Å². The zero-order valence-electron chi connectivity index (χ0n) is 11.5. The number of thioether (sulfide) groups is 3. The highest BCUT2D eigenvalue weighted by Gasteiger charge is 2.17. The van der Waals surface area contributed by atoms with Crippen LogP contribution in [0, 0.1) is 3.91 Å². The third-order valence-corrected chi connectivity index (χ3v) is 5.83. The predicted molar refractivity (Wildman–Crippen MR) is 93.5 cm³/mol. The van der Waals surface area contributed by atoms with E-state index in [4.69, 9.17) is 0 Å². The van der Waals surface area contributed by atoms with E-state index in [0.29, 0.717) is 0 Å². The quantitative estimate of drug-likeness (QED) is 0.587. The molecule has 0 aliphatic heterocycles. The first-order valence-electron chi connectivity index (χ1n) is 6.54. The van der Waals surface area contributed by atoms with Crippen molar-refractivity contribution in [3.8, 4) is 0 Å². The molecule has 0 amide bonds. The van der Waals surface area contributed by atoms with Crippen LogP contribution in [0.4, 0.5) is 0 Å². The van der Waals surface area contributed by atoms with Gasteiger partial charge in [-0.15, -0.1) is 0 Å². The van der Waals surface area contributed by atoms with Crippen molar-refractivity contribution in [2.24, 2.45) is 0 Å². The average Bonchev–Trinajstić information content (AvgIpc) is 2.57. The summed E-state index contributed by atoms with van der Waals surface area (Å²) in [5, 5.41) is 2.89. The maximum atomic E-state index is 4.38. The Kier molecular flexibility index (Phi) is 5.75. The second kappa shape index (κ2) is 8.22. The van der Waals surface area contributed by atoms with Gasteiger partial charge in [0.15, 0.2) is 3.91 Å². The van der Waals surface area contributed by atoms with E-state index >= 15 is 0 Å². The Bertz CT molecular complexity index is 582. The smallest absolute Gasteiger partial charge is 0.159 e. The van der Waals surface area contributed by atoms with Gasteiger partial charge >= 0.3 is 0 Å². The summed E-state index contributed by atoms with van der Waals surface area (Å²) >= 11 is 4.89. The largest absolute Gasteiger partial charge is 0.250 e. The molecule has 22 heavy (non-hydrogen) atoms. The highest BCUT2D eigenvalue weighted by atomic mass is 32.3. The average molecular weight is 342 g/mol. The van der Waals surface area contributed by atoms with Crippen LogP contribution >= 0.6 is 35.3 Å². The molecule has 0 aromatic carbocycles. The molecule has 3 rings (SSSR count). The minimum atomic E-state index is 0.962. The normalized spacial score (nSPS) is 10.8. The SMILES string of the molecule is c1ccc(S[C](Sc2ccccn2)Sc2ccccn2)nc1. The Morgan fingerprint density at radius 3 is 1.18 bits per heavy atom. The predicted octanol–water partition coefficient (Wildman–Crippen LogP) is 5.00. The van der Waals surface area contributed by atoms with E-state index in [0.717, 1.165) is 19.0 Å². The molecule has 0 N–H and O–H groups in total. The molecule has 1 radical (unpaired) electrons. The van der Waals surface area contributed by atoms with Crippen molar-refractivity contribution in [1.82, 2.24) is 15.0 Å². The van der Waals surface area contributed by atoms with Crippen molar-refractivity contribution >= 4 is 35.3 Å². The lowest BCUT2D eigenvalue weighted by Crippen LogP contribution is -1.87. The van der Waals surface area contributed by atoms with Crippen LogP contribution in [-0.4, -0.2) is 15.0 Å². The Hall–Kier alpha value is -1.50. The van der Waals surface area contributed by atoms with Crippen LogP contribution in [0.1, 0.15) is 0 Å². The molecule has 0 aliphatic carbocycles. The summed E-state index contributed by atoms with van der Waals surface area (Å²) in [7, 11) is 0. The molecule has 0 aliphatic rings. The first-order valence-corrected chi connectivity index (χ1v) is 8.99. The van der Waals surface area contributed by atoms with Crippen LogP contribution in [0.2, 0.25) is 0 Å². The molecule has 3 aromatic heterocycles. The van der Waals surface area contributed by atoms with E-state index in [1.165, 1.54) is 0 Å². The van der Waals surface area contributed by atoms with E-state index < -0.39 is 0 Å². The summed E-state index contributed by atoms with van der Waals surface area (Å²) in [5.41, 5.74) is 0. The zero-order chi connectivity index (χ0) is 15.0. The standard InChI is InChI=1S/C16H12N3S3/c1-4-10-17-13(7-1)20-16(21-14-8-2-5-11-18-14)22-15-9-3-6-12-19-15/h1-12H. The van der Waals surface area contributed by atoms with Crippen molar-refractivity contribution in [3.05, 3.63) is 77.1 Å². The second-order valence-corrected chi connectivity index (χ2v) is 7.93. The summed E-state index contributed by atoms with van der Waals surface area (Å²) in [4.78, 5) is 13.1. The third-order valence-electron chi connectivity index (χ3n) is 2.48. The molecule has 109 valence electrons. The van der Waals surface area contributed by atoms with Gasteiger partial charge in [0.1, 0.15) is 0 Å². The van der Waals surface area contributed by atoms with Crippen LogP contribution in [0.3, 0.4) is 0 Å². The van der Waals surface area contributed by atoms with Crippen LogP contribution in [0.5, 0.6) is 0 Å². The lowest BCUT2D eigenvalue weighted by atomic mass is 10.5. The van der Waals surface area contributed by atoms with E-state index in [9.17, 15) is 0 Å². The molecule has 0 spiro atoms. The molecule has 6 heteroatoms. The molecule has 3 nitrogen and oxygen atoms in total. The highest BCUT2D eigenvalue weighted by molar-refractivity contribution is 8.36. The van der Waals surface area contributed by atoms with E-state index in [1.807, 2.05) is 54.6 Å². The van der Waals surface area contributed by atoms with Gasteiger partial charge in [0, 0.05) is 18.6 Å². The molecular formula is C16H12N3S3. The van der Waals surface area contributed by atoms with Crippen LogP contribution < -0.4 is 0 Å². The Morgan fingerprint density at radius 1 is 0.545 bits per heavy atom. The summed E-state index contributed by atoms with van der Waals surface area (Å²) < 4.78 is 1.12. The summed E-state index contributed by atoms with van der Waals surface area (Å²) in [6, 6.07) is 17.7. The monoisotopic (exact) mass is 342 g/mol. The van der Waals surface area contributed by atoms with Gasteiger partial charge in [0.25, 0.3) is 0 Å². The van der Waals surface area contributed by atoms with E-state index in [1.54, 1.807) is 53.9 Å². The molecule has 0 saturated carbocycles. The molecule has 0 unspecified atom stereocenters. The fourth-order valence-corrected chi connectivity index (χ4v) is 4.87. The summed E-state index contributed by atoms with van der Waals surface area (Å²) in [5.74, 6) is 0. The van der Waals surface area contributed by atoms with Gasteiger partial charge < -0.3 is 0 Å². The number of pyridine rings is 3. The minimum absolute atomic E-state index is 0.962. The van der Waals surface area contributed by atoms with Crippen LogP contribution in [0.25, 0.3) is 0 Å². The van der Waals surface area contributed by atoms with E-state index in [-0.39, 0.29) is 0 Å². The van der Waals surface area contributed by atoms with Crippen molar-refractivity contribution in [2.75, 3.05) is 0 Å². The van der Waals surface area contributed by atoms with Gasteiger partial charge in [0.05, 0.1) is 15.1 Å². The maximum Gasteiger partial charge on any atom is 0.159 e. The van der Waals surface area contributed by atoms with Gasteiger partial charge in [0.2, 0.25) is 0 Å². The van der Waals surface area contributed by atoms with Gasteiger partial charge in [-0.3, -0.25) is 0 Å². The summed E-state index contributed by atoms with van der Waals surface area (Å²) in [6.07, 6.45) is 5.41. The fraction of sp³-hybridized carbons (Fsp3) is 0. The van der Waals surface area contributed by atoms with Gasteiger partial charge in [-0.05, 0) is 36.4 Å². The zero-order valence-corrected chi connectivity index (χ0v) is 13.9. The molecule has 0 saturated heterocycles. The fourth-order valence-electron chi connectivity index (χ4n) is 1.54. The van der Waals surface area contributed by atoms with Gasteiger partial charge in [-0.1, -0.05) is 53.5 Å². The Balaban J connectivity index is 1.75. The maximum absolute atomic E-state index is 4.38. The third kappa shape index (κ3) is 4.76. The molecule has 0 atom stereocenters. The lowest BCUT2D eigenvalue weighted by Gasteiger charge is -2.12. The molecule has 0 bridgehead atoms. The van der Waals surface area contributed by atoms with E-state index in [2.05, 4.69) is 15.0 Å². The Morgan fingerprint density at radius 2 is 0.909 bits per heavy atom. The van der Waals surface area contributed by atoms with Gasteiger partial charge in [-0.25, -0.2) is 15.0 Å². The number of rotatable bonds is 6. The van der Waals surface area contributed by atoms with Crippen molar-refractivity contribution in [2.45, 2.75) is 15.1 Å². The number of nitrogens with zero attached hydrogens (tertiary/aromatic N) is 3. The number of hydrogen-bond acceptors (Lipinski definition) is 6. The molecule has 3 heterocycles. The second-order valence-electron chi connectivity index (χ2n) is 4.06. The Labute approximate surface area is 142 Å². The van der Waals surface area contributed by atoms with Crippen molar-refractivity contribution < 1.29 is 0 Å². The summed E-state index contributed by atoms with van der Waals surface area (Å²) in [6.45, 7) is 0. The number of aromatic nitrogens is 3. The van der Waals surface area contributed by atoms with Crippen molar-refractivity contribution in [1.29, 1.82) is 0 Å². The topological polar surface area (TPSA) is 38.7 Å².